The molecule has 6 nitrogen and oxygen atoms in total. The Balaban J connectivity index is 1.53. The van der Waals surface area contributed by atoms with E-state index in [-0.39, 0.29) is 18.4 Å². The lowest BCUT2D eigenvalue weighted by molar-refractivity contribution is -0.135. The number of aryl methyl sites for hydroxylation is 1. The van der Waals surface area contributed by atoms with E-state index in [1.54, 1.807) is 4.90 Å². The Morgan fingerprint density at radius 3 is 2.96 bits per heavy atom. The first-order valence-electron chi connectivity index (χ1n) is 8.61. The number of hydrogen-bond acceptors (Lipinski definition) is 3. The summed E-state index contributed by atoms with van der Waals surface area (Å²) in [5, 5.41) is 2.92. The van der Waals surface area contributed by atoms with Crippen molar-refractivity contribution in [3.8, 4) is 0 Å². The molecule has 2 aromatic rings. The third kappa shape index (κ3) is 3.75. The third-order valence-electron chi connectivity index (χ3n) is 4.51. The lowest BCUT2D eigenvalue weighted by Crippen LogP contribution is -2.41. The van der Waals surface area contributed by atoms with Gasteiger partial charge in [0.15, 0.2) is 0 Å². The van der Waals surface area contributed by atoms with Gasteiger partial charge in [-0.25, -0.2) is 4.98 Å². The Morgan fingerprint density at radius 2 is 2.08 bits per heavy atom. The van der Waals surface area contributed by atoms with Crippen LogP contribution in [0.1, 0.15) is 31.5 Å². The molecule has 128 valence electrons. The van der Waals surface area contributed by atoms with E-state index in [1.165, 1.54) is 0 Å². The second-order valence-corrected chi connectivity index (χ2v) is 6.28. The molecule has 3 rings (SSSR count). The molecule has 0 spiro atoms. The summed E-state index contributed by atoms with van der Waals surface area (Å²) in [6.07, 6.45) is 3.55. The molecule has 6 heteroatoms. The Morgan fingerprint density at radius 1 is 1.25 bits per heavy atom. The molecule has 0 radical (unpaired) electrons. The predicted octanol–water partition coefficient (Wildman–Crippen LogP) is 1.86. The lowest BCUT2D eigenvalue weighted by Gasteiger charge is -2.19. The summed E-state index contributed by atoms with van der Waals surface area (Å²) in [7, 11) is 0. The highest BCUT2D eigenvalue weighted by atomic mass is 16.2. The van der Waals surface area contributed by atoms with Gasteiger partial charge in [-0.3, -0.25) is 9.59 Å². The Labute approximate surface area is 141 Å². The van der Waals surface area contributed by atoms with Crippen LogP contribution in [0.4, 0.5) is 0 Å². The van der Waals surface area contributed by atoms with E-state index in [9.17, 15) is 9.59 Å². The maximum atomic E-state index is 12.1. The van der Waals surface area contributed by atoms with Crippen molar-refractivity contribution in [3.63, 3.8) is 0 Å². The molecule has 0 unspecified atom stereocenters. The monoisotopic (exact) mass is 328 g/mol. The van der Waals surface area contributed by atoms with Gasteiger partial charge in [0.05, 0.1) is 17.6 Å². The van der Waals surface area contributed by atoms with Crippen molar-refractivity contribution in [3.05, 3.63) is 30.1 Å². The molecule has 1 aliphatic rings. The maximum Gasteiger partial charge on any atom is 0.239 e. The zero-order valence-corrected chi connectivity index (χ0v) is 14.1. The van der Waals surface area contributed by atoms with Crippen LogP contribution >= 0.6 is 0 Å². The fourth-order valence-electron chi connectivity index (χ4n) is 3.22. The van der Waals surface area contributed by atoms with Crippen molar-refractivity contribution in [2.75, 3.05) is 19.6 Å². The van der Waals surface area contributed by atoms with Gasteiger partial charge in [-0.2, -0.15) is 0 Å². The van der Waals surface area contributed by atoms with Gasteiger partial charge in [-0.05, 0) is 31.9 Å². The summed E-state index contributed by atoms with van der Waals surface area (Å²) in [6.45, 7) is 4.03. The minimum Gasteiger partial charge on any atom is -0.353 e. The van der Waals surface area contributed by atoms with Crippen LogP contribution in [-0.2, 0) is 16.1 Å². The zero-order chi connectivity index (χ0) is 16.9. The number of hydrogen-bond donors (Lipinski definition) is 1. The second-order valence-electron chi connectivity index (χ2n) is 6.28. The summed E-state index contributed by atoms with van der Waals surface area (Å²) in [5.41, 5.74) is 2.04. The first-order chi connectivity index (χ1) is 11.6. The van der Waals surface area contributed by atoms with Gasteiger partial charge in [0, 0.05) is 26.1 Å². The van der Waals surface area contributed by atoms with E-state index >= 15 is 0 Å². The smallest absolute Gasteiger partial charge is 0.239 e. The molecule has 1 fully saturated rings. The van der Waals surface area contributed by atoms with Crippen LogP contribution in [0.5, 0.6) is 0 Å². The molecule has 2 heterocycles. The van der Waals surface area contributed by atoms with E-state index in [0.717, 1.165) is 36.1 Å². The maximum absolute atomic E-state index is 12.1. The number of amides is 2. The molecule has 1 aliphatic heterocycles. The van der Waals surface area contributed by atoms with Gasteiger partial charge in [0.2, 0.25) is 11.8 Å². The summed E-state index contributed by atoms with van der Waals surface area (Å²) in [5.74, 6) is 0.944. The average Bonchev–Trinajstić information content (AvgIpc) is 2.74. The van der Waals surface area contributed by atoms with Crippen molar-refractivity contribution in [2.45, 2.75) is 39.2 Å². The molecule has 1 N–H and O–H groups in total. The first kappa shape index (κ1) is 16.5. The molecule has 0 bridgehead atoms. The number of benzene rings is 1. The highest BCUT2D eigenvalue weighted by molar-refractivity contribution is 5.84. The van der Waals surface area contributed by atoms with Crippen molar-refractivity contribution in [1.29, 1.82) is 0 Å². The normalized spacial score (nSPS) is 15.5. The number of nitrogens with one attached hydrogen (secondary N) is 1. The first-order valence-corrected chi connectivity index (χ1v) is 8.61. The minimum absolute atomic E-state index is 0.0904. The Kier molecular flexibility index (Phi) is 5.13. The SMILES string of the molecule is Cc1nc2ccccc2n1CCNC(=O)CN1CCCCCC1=O. The zero-order valence-electron chi connectivity index (χ0n) is 14.1. The molecular weight excluding hydrogens is 304 g/mol. The van der Waals surface area contributed by atoms with Crippen LogP contribution in [0.2, 0.25) is 0 Å². The molecule has 2 amide bonds. The van der Waals surface area contributed by atoms with Gasteiger partial charge in [0.25, 0.3) is 0 Å². The van der Waals surface area contributed by atoms with Crippen LogP contribution in [0, 0.1) is 6.92 Å². The Bertz CT molecular complexity index is 738. The van der Waals surface area contributed by atoms with Gasteiger partial charge in [0.1, 0.15) is 5.82 Å². The van der Waals surface area contributed by atoms with Crippen LogP contribution in [-0.4, -0.2) is 45.9 Å². The topological polar surface area (TPSA) is 67.2 Å². The number of rotatable bonds is 5. The quantitative estimate of drug-likeness (QED) is 0.911. The molecular formula is C18H24N4O2. The highest BCUT2D eigenvalue weighted by Gasteiger charge is 2.19. The van der Waals surface area contributed by atoms with Gasteiger partial charge >= 0.3 is 0 Å². The number of nitrogens with zero attached hydrogens (tertiary/aromatic N) is 3. The summed E-state index contributed by atoms with van der Waals surface area (Å²) >= 11 is 0. The lowest BCUT2D eigenvalue weighted by atomic mass is 10.2. The fraction of sp³-hybridized carbons (Fsp3) is 0.500. The number of likely N-dealkylation sites (tertiary alicyclic amines) is 1. The second kappa shape index (κ2) is 7.47. The Hall–Kier alpha value is -2.37. The number of aromatic nitrogens is 2. The average molecular weight is 328 g/mol. The number of carbonyl (C=O) groups is 2. The number of para-hydroxylation sites is 2. The minimum atomic E-state index is -0.0904. The summed E-state index contributed by atoms with van der Waals surface area (Å²) in [4.78, 5) is 30.3. The van der Waals surface area contributed by atoms with Gasteiger partial charge < -0.3 is 14.8 Å². The standard InChI is InChI=1S/C18H24N4O2/c1-14-20-15-7-4-5-8-16(15)22(14)12-10-19-17(23)13-21-11-6-2-3-9-18(21)24/h4-5,7-8H,2-3,6,9-13H2,1H3,(H,19,23). The van der Waals surface area contributed by atoms with Crippen LogP contribution in [0.15, 0.2) is 24.3 Å². The van der Waals surface area contributed by atoms with E-state index < -0.39 is 0 Å². The van der Waals surface area contributed by atoms with Crippen molar-refractivity contribution in [1.82, 2.24) is 19.8 Å². The molecule has 1 saturated heterocycles. The molecule has 1 aromatic carbocycles. The van der Waals surface area contributed by atoms with Gasteiger partial charge in [-0.1, -0.05) is 18.6 Å². The summed E-state index contributed by atoms with van der Waals surface area (Å²) < 4.78 is 2.10. The van der Waals surface area contributed by atoms with Crippen LogP contribution < -0.4 is 5.32 Å². The number of imidazole rings is 1. The molecule has 0 atom stereocenters. The van der Waals surface area contributed by atoms with Gasteiger partial charge in [-0.15, -0.1) is 0 Å². The van der Waals surface area contributed by atoms with E-state index in [1.807, 2.05) is 31.2 Å². The largest absolute Gasteiger partial charge is 0.353 e. The molecule has 0 saturated carbocycles. The van der Waals surface area contributed by atoms with Crippen LogP contribution in [0.25, 0.3) is 11.0 Å². The molecule has 24 heavy (non-hydrogen) atoms. The molecule has 0 aliphatic carbocycles. The fourth-order valence-corrected chi connectivity index (χ4v) is 3.22. The van der Waals surface area contributed by atoms with E-state index in [2.05, 4.69) is 14.9 Å². The number of carbonyl (C=O) groups excluding carboxylic acids is 2. The van der Waals surface area contributed by atoms with Crippen molar-refractivity contribution >= 4 is 22.8 Å². The van der Waals surface area contributed by atoms with Crippen LogP contribution in [0.3, 0.4) is 0 Å². The predicted molar refractivity (Wildman–Crippen MR) is 92.5 cm³/mol. The third-order valence-corrected chi connectivity index (χ3v) is 4.51. The van der Waals surface area contributed by atoms with E-state index in [0.29, 0.717) is 26.1 Å². The summed E-state index contributed by atoms with van der Waals surface area (Å²) in [6, 6.07) is 7.98. The number of fused-ring (bicyclic) bond motifs is 1. The van der Waals surface area contributed by atoms with Crippen molar-refractivity contribution < 1.29 is 9.59 Å². The molecule has 1 aromatic heterocycles. The highest BCUT2D eigenvalue weighted by Crippen LogP contribution is 2.15. The van der Waals surface area contributed by atoms with E-state index in [4.69, 9.17) is 0 Å². The van der Waals surface area contributed by atoms with Crippen molar-refractivity contribution in [2.24, 2.45) is 0 Å².